The van der Waals surface area contributed by atoms with Crippen molar-refractivity contribution in [2.24, 2.45) is 0 Å². The van der Waals surface area contributed by atoms with Crippen molar-refractivity contribution in [1.29, 1.82) is 0 Å². The average Bonchev–Trinajstić information content (AvgIpc) is 3.17. The van der Waals surface area contributed by atoms with E-state index in [2.05, 4.69) is 15.3 Å². The van der Waals surface area contributed by atoms with Gasteiger partial charge in [-0.05, 0) is 17.5 Å². The normalized spacial score (nSPS) is 10.8. The van der Waals surface area contributed by atoms with Crippen molar-refractivity contribution < 1.29 is 14.5 Å². The lowest BCUT2D eigenvalue weighted by molar-refractivity contribution is -0.384. The number of nitrogens with zero attached hydrogens (tertiary/aromatic N) is 3. The predicted octanol–water partition coefficient (Wildman–Crippen LogP) is 2.22. The molecule has 11 heteroatoms. The van der Waals surface area contributed by atoms with Crippen molar-refractivity contribution in [2.75, 3.05) is 32.6 Å². The zero-order valence-electron chi connectivity index (χ0n) is 15.8. The number of non-ortho nitro benzene ring substituents is 1. The van der Waals surface area contributed by atoms with Gasteiger partial charge in [0.1, 0.15) is 10.5 Å². The number of carbonyl (C=O) groups is 1. The van der Waals surface area contributed by atoms with E-state index in [-0.39, 0.29) is 23.4 Å². The van der Waals surface area contributed by atoms with Crippen LogP contribution in [0.4, 0.5) is 11.4 Å². The molecule has 0 aliphatic rings. The van der Waals surface area contributed by atoms with E-state index >= 15 is 0 Å². The maximum absolute atomic E-state index is 13.0. The van der Waals surface area contributed by atoms with E-state index in [4.69, 9.17) is 4.74 Å². The maximum Gasteiger partial charge on any atom is 0.270 e. The third-order valence-electron chi connectivity index (χ3n) is 4.16. The molecule has 1 amide bonds. The largest absolute Gasteiger partial charge is 0.383 e. The lowest BCUT2D eigenvalue weighted by Crippen LogP contribution is -2.29. The predicted molar refractivity (Wildman–Crippen MR) is 110 cm³/mol. The monoisotopic (exact) mass is 417 g/mol. The molecule has 0 bridgehead atoms. The number of aromatic nitrogens is 2. The highest BCUT2D eigenvalue weighted by atomic mass is 32.1. The number of aromatic amines is 1. The third-order valence-corrected chi connectivity index (χ3v) is 5.07. The molecule has 0 fully saturated rings. The van der Waals surface area contributed by atoms with E-state index in [1.807, 2.05) is 0 Å². The Bertz CT molecular complexity index is 1110. The van der Waals surface area contributed by atoms with Crippen LogP contribution in [0.5, 0.6) is 0 Å². The van der Waals surface area contributed by atoms with Crippen LogP contribution in [-0.4, -0.2) is 53.0 Å². The summed E-state index contributed by atoms with van der Waals surface area (Å²) in [7, 11) is 3.09. The number of nitro groups is 1. The standard InChI is InChI=1S/C18H19N5O5S/c1-22(10-15-20-14-5-8-29-16(14)17(24)21-15)18(25)12-9-11(23(26)27)3-4-13(12)19-6-7-28-2/h3-5,8-9,19H,6-7,10H2,1-2H3,(H,20,21,24). The number of fused-ring (bicyclic) bond motifs is 1. The van der Waals surface area contributed by atoms with Gasteiger partial charge < -0.3 is 19.9 Å². The molecule has 2 N–H and O–H groups in total. The number of rotatable bonds is 8. The highest BCUT2D eigenvalue weighted by Crippen LogP contribution is 2.24. The van der Waals surface area contributed by atoms with Crippen LogP contribution in [0.3, 0.4) is 0 Å². The lowest BCUT2D eigenvalue weighted by atomic mass is 10.1. The van der Waals surface area contributed by atoms with Crippen LogP contribution in [0.15, 0.2) is 34.4 Å². The number of nitro benzene ring substituents is 1. The summed E-state index contributed by atoms with van der Waals surface area (Å²) in [5, 5.41) is 15.9. The number of nitrogens with one attached hydrogen (secondary N) is 2. The summed E-state index contributed by atoms with van der Waals surface area (Å²) in [4.78, 5) is 44.1. The Morgan fingerprint density at radius 1 is 1.41 bits per heavy atom. The van der Waals surface area contributed by atoms with Crippen LogP contribution in [0.25, 0.3) is 10.2 Å². The van der Waals surface area contributed by atoms with Crippen LogP contribution >= 0.6 is 11.3 Å². The minimum atomic E-state index is -0.556. The molecular formula is C18H19N5O5S. The average molecular weight is 417 g/mol. The van der Waals surface area contributed by atoms with Gasteiger partial charge in [-0.15, -0.1) is 11.3 Å². The molecule has 0 saturated heterocycles. The molecule has 3 aromatic rings. The minimum absolute atomic E-state index is 0.0417. The second kappa shape index (κ2) is 8.80. The Morgan fingerprint density at radius 2 is 2.21 bits per heavy atom. The number of ether oxygens (including phenoxy) is 1. The van der Waals surface area contributed by atoms with Crippen molar-refractivity contribution in [3.05, 3.63) is 61.5 Å². The number of amides is 1. The molecule has 10 nitrogen and oxygen atoms in total. The van der Waals surface area contributed by atoms with Crippen LogP contribution in [0.2, 0.25) is 0 Å². The molecule has 152 valence electrons. The van der Waals surface area contributed by atoms with Gasteiger partial charge >= 0.3 is 0 Å². The number of hydrogen-bond donors (Lipinski definition) is 2. The van der Waals surface area contributed by atoms with Gasteiger partial charge in [-0.25, -0.2) is 4.98 Å². The zero-order valence-corrected chi connectivity index (χ0v) is 16.6. The van der Waals surface area contributed by atoms with E-state index in [1.54, 1.807) is 18.6 Å². The van der Waals surface area contributed by atoms with Crippen molar-refractivity contribution in [2.45, 2.75) is 6.54 Å². The second-order valence-electron chi connectivity index (χ2n) is 6.22. The fourth-order valence-corrected chi connectivity index (χ4v) is 3.49. The summed E-state index contributed by atoms with van der Waals surface area (Å²) < 4.78 is 5.50. The molecular weight excluding hydrogens is 398 g/mol. The van der Waals surface area contributed by atoms with Gasteiger partial charge in [0.25, 0.3) is 17.2 Å². The smallest absolute Gasteiger partial charge is 0.270 e. The number of benzene rings is 1. The van der Waals surface area contributed by atoms with Crippen molar-refractivity contribution in [1.82, 2.24) is 14.9 Å². The van der Waals surface area contributed by atoms with Crippen molar-refractivity contribution in [3.8, 4) is 0 Å². The van der Waals surface area contributed by atoms with Crippen molar-refractivity contribution >= 4 is 38.8 Å². The number of H-pyrrole nitrogens is 1. The van der Waals surface area contributed by atoms with E-state index < -0.39 is 10.8 Å². The van der Waals surface area contributed by atoms with Gasteiger partial charge in [0.05, 0.1) is 29.2 Å². The Morgan fingerprint density at radius 3 is 2.93 bits per heavy atom. The van der Waals surface area contributed by atoms with Gasteiger partial charge in [-0.3, -0.25) is 19.7 Å². The molecule has 0 aliphatic carbocycles. The fraction of sp³-hybridized carbons (Fsp3) is 0.278. The topological polar surface area (TPSA) is 130 Å². The summed E-state index contributed by atoms with van der Waals surface area (Å²) in [6, 6.07) is 5.78. The molecule has 1 aromatic carbocycles. The third kappa shape index (κ3) is 4.58. The van der Waals surface area contributed by atoms with Crippen LogP contribution < -0.4 is 10.9 Å². The van der Waals surface area contributed by atoms with E-state index in [9.17, 15) is 19.7 Å². The zero-order chi connectivity index (χ0) is 21.0. The summed E-state index contributed by atoms with van der Waals surface area (Å²) in [6.07, 6.45) is 0. The number of anilines is 1. The van der Waals surface area contributed by atoms with Gasteiger partial charge in [-0.1, -0.05) is 0 Å². The Kier molecular flexibility index (Phi) is 6.20. The molecule has 29 heavy (non-hydrogen) atoms. The first kappa shape index (κ1) is 20.4. The van der Waals surface area contributed by atoms with Crippen LogP contribution in [0.1, 0.15) is 16.2 Å². The van der Waals surface area contributed by atoms with Gasteiger partial charge in [0.2, 0.25) is 0 Å². The Hall–Kier alpha value is -3.31. The highest BCUT2D eigenvalue weighted by Gasteiger charge is 2.21. The summed E-state index contributed by atoms with van der Waals surface area (Å²) in [6.45, 7) is 0.883. The number of thiophene rings is 1. The maximum atomic E-state index is 13.0. The summed E-state index contributed by atoms with van der Waals surface area (Å²) in [5.74, 6) is -0.113. The van der Waals surface area contributed by atoms with Gasteiger partial charge in [0.15, 0.2) is 0 Å². The number of hydrogen-bond acceptors (Lipinski definition) is 8. The van der Waals surface area contributed by atoms with Crippen LogP contribution in [-0.2, 0) is 11.3 Å². The van der Waals surface area contributed by atoms with Crippen LogP contribution in [0, 0.1) is 10.1 Å². The van der Waals surface area contributed by atoms with Gasteiger partial charge in [-0.2, -0.15) is 0 Å². The molecule has 0 saturated carbocycles. The van der Waals surface area contributed by atoms with Gasteiger partial charge in [0, 0.05) is 38.5 Å². The molecule has 0 atom stereocenters. The highest BCUT2D eigenvalue weighted by molar-refractivity contribution is 7.17. The van der Waals surface area contributed by atoms with E-state index in [0.29, 0.717) is 34.9 Å². The molecule has 2 heterocycles. The molecule has 0 radical (unpaired) electrons. The first-order valence-corrected chi connectivity index (χ1v) is 9.51. The Labute approximate surface area is 169 Å². The molecule has 2 aromatic heterocycles. The SMILES string of the molecule is COCCNc1ccc([N+](=O)[O-])cc1C(=O)N(C)Cc1nc2ccsc2c(=O)[nH]1. The Balaban J connectivity index is 1.87. The summed E-state index contributed by atoms with van der Waals surface area (Å²) >= 11 is 1.29. The number of carbonyl (C=O) groups excluding carboxylic acids is 1. The quantitative estimate of drug-likeness (QED) is 0.326. The first-order chi connectivity index (χ1) is 13.9. The second-order valence-corrected chi connectivity index (χ2v) is 7.13. The molecule has 0 unspecified atom stereocenters. The first-order valence-electron chi connectivity index (χ1n) is 8.64. The molecule has 0 spiro atoms. The van der Waals surface area contributed by atoms with Crippen molar-refractivity contribution in [3.63, 3.8) is 0 Å². The molecule has 3 rings (SSSR count). The van der Waals surface area contributed by atoms with E-state index in [0.717, 1.165) is 0 Å². The lowest BCUT2D eigenvalue weighted by Gasteiger charge is -2.19. The minimum Gasteiger partial charge on any atom is -0.383 e. The fourth-order valence-electron chi connectivity index (χ4n) is 2.76. The number of methoxy groups -OCH3 is 1. The molecule has 0 aliphatic heterocycles. The van der Waals surface area contributed by atoms with E-state index in [1.165, 1.54) is 41.5 Å². The summed E-state index contributed by atoms with van der Waals surface area (Å²) in [5.41, 5.74) is 0.714.